The number of rotatable bonds is 7. The van der Waals surface area contributed by atoms with Crippen LogP contribution in [0.15, 0.2) is 29.2 Å². The Morgan fingerprint density at radius 2 is 1.85 bits per heavy atom. The predicted octanol–water partition coefficient (Wildman–Crippen LogP) is 2.44. The van der Waals surface area contributed by atoms with Gasteiger partial charge in [-0.3, -0.25) is 0 Å². The number of hydrogen-bond acceptors (Lipinski definition) is 4. The molecule has 1 rings (SSSR count). The van der Waals surface area contributed by atoms with Gasteiger partial charge in [0, 0.05) is 6.04 Å². The number of alkyl halides is 2. The van der Waals surface area contributed by atoms with E-state index in [4.69, 9.17) is 0 Å². The first-order valence-corrected chi connectivity index (χ1v) is 7.82. The average Bonchev–Trinajstić information content (AvgIpc) is 2.36. The van der Waals surface area contributed by atoms with E-state index in [9.17, 15) is 17.2 Å². The smallest absolute Gasteiger partial charge is 0.341 e. The number of para-hydroxylation sites is 1. The summed E-state index contributed by atoms with van der Waals surface area (Å²) in [5.74, 6) is -3.41. The number of hydrogen-bond donors (Lipinski definition) is 1. The van der Waals surface area contributed by atoms with Crippen molar-refractivity contribution in [3.63, 3.8) is 0 Å². The van der Waals surface area contributed by atoms with Gasteiger partial charge in [-0.2, -0.15) is 8.78 Å². The summed E-state index contributed by atoms with van der Waals surface area (Å²) in [6, 6.07) is 5.73. The van der Waals surface area contributed by atoms with Crippen LogP contribution in [0.5, 0.6) is 0 Å². The molecule has 0 saturated carbocycles. The van der Waals surface area contributed by atoms with Crippen molar-refractivity contribution in [2.24, 2.45) is 0 Å². The van der Waals surface area contributed by atoms with Crippen molar-refractivity contribution in [3.8, 4) is 0 Å². The predicted molar refractivity (Wildman–Crippen MR) is 75.9 cm³/mol. The Labute approximate surface area is 118 Å². The van der Waals surface area contributed by atoms with Crippen LogP contribution in [0.2, 0.25) is 0 Å². The fraction of sp³-hybridized carbons (Fsp3) is 0.538. The number of nitrogens with zero attached hydrogens (tertiary/aromatic N) is 1. The van der Waals surface area contributed by atoms with Gasteiger partial charge in [0.1, 0.15) is 0 Å². The van der Waals surface area contributed by atoms with Crippen molar-refractivity contribution in [1.82, 2.24) is 4.90 Å². The molecule has 0 spiro atoms. The third-order valence-corrected chi connectivity index (χ3v) is 4.28. The van der Waals surface area contributed by atoms with Gasteiger partial charge in [0.05, 0.1) is 10.6 Å². The van der Waals surface area contributed by atoms with E-state index in [2.05, 4.69) is 5.32 Å². The minimum Gasteiger partial charge on any atom is -0.381 e. The molecule has 0 amide bonds. The Kier molecular flexibility index (Phi) is 5.88. The van der Waals surface area contributed by atoms with Crippen LogP contribution >= 0.6 is 0 Å². The molecule has 0 aliphatic carbocycles. The zero-order valence-corrected chi connectivity index (χ0v) is 12.6. The third-order valence-electron chi connectivity index (χ3n) is 2.84. The van der Waals surface area contributed by atoms with Crippen LogP contribution in [-0.2, 0) is 9.84 Å². The maximum atomic E-state index is 12.6. The SMILES string of the molecule is CC(CCN(C)C)Nc1ccccc1S(=O)(=O)C(F)F. The molecule has 0 aliphatic rings. The first-order valence-electron chi connectivity index (χ1n) is 6.27. The molecule has 0 aliphatic heterocycles. The summed E-state index contributed by atoms with van der Waals surface area (Å²) in [5.41, 5.74) is 0.221. The lowest BCUT2D eigenvalue weighted by Crippen LogP contribution is -2.24. The van der Waals surface area contributed by atoms with Gasteiger partial charge in [0.2, 0.25) is 9.84 Å². The van der Waals surface area contributed by atoms with E-state index < -0.39 is 15.6 Å². The molecule has 114 valence electrons. The molecule has 0 saturated heterocycles. The average molecular weight is 306 g/mol. The van der Waals surface area contributed by atoms with Gasteiger partial charge >= 0.3 is 5.76 Å². The van der Waals surface area contributed by atoms with Crippen molar-refractivity contribution >= 4 is 15.5 Å². The highest BCUT2D eigenvalue weighted by atomic mass is 32.2. The highest BCUT2D eigenvalue weighted by Gasteiger charge is 2.29. The number of sulfone groups is 1. The lowest BCUT2D eigenvalue weighted by molar-refractivity contribution is 0.235. The van der Waals surface area contributed by atoms with E-state index in [-0.39, 0.29) is 16.6 Å². The van der Waals surface area contributed by atoms with Gasteiger partial charge < -0.3 is 10.2 Å². The van der Waals surface area contributed by atoms with Gasteiger partial charge in [-0.15, -0.1) is 0 Å². The van der Waals surface area contributed by atoms with Crippen molar-refractivity contribution < 1.29 is 17.2 Å². The maximum Gasteiger partial charge on any atom is 0.341 e. The number of nitrogens with one attached hydrogen (secondary N) is 1. The second-order valence-corrected chi connectivity index (χ2v) is 6.83. The van der Waals surface area contributed by atoms with Gasteiger partial charge in [0.15, 0.2) is 0 Å². The highest BCUT2D eigenvalue weighted by Crippen LogP contribution is 2.26. The molecular formula is C13H20F2N2O2S. The summed E-state index contributed by atoms with van der Waals surface area (Å²) in [7, 11) is -0.726. The van der Waals surface area contributed by atoms with E-state index in [1.165, 1.54) is 18.2 Å². The molecule has 0 bridgehead atoms. The van der Waals surface area contributed by atoms with Crippen LogP contribution in [0.1, 0.15) is 13.3 Å². The molecule has 1 N–H and O–H groups in total. The number of halogens is 2. The van der Waals surface area contributed by atoms with Gasteiger partial charge in [-0.1, -0.05) is 12.1 Å². The van der Waals surface area contributed by atoms with Crippen molar-refractivity contribution in [3.05, 3.63) is 24.3 Å². The van der Waals surface area contributed by atoms with Crippen molar-refractivity contribution in [1.29, 1.82) is 0 Å². The molecule has 20 heavy (non-hydrogen) atoms. The largest absolute Gasteiger partial charge is 0.381 e. The van der Waals surface area contributed by atoms with E-state index >= 15 is 0 Å². The fourth-order valence-corrected chi connectivity index (χ4v) is 2.61. The quantitative estimate of drug-likeness (QED) is 0.840. The standard InChI is InChI=1S/C13H20F2N2O2S/c1-10(8-9-17(2)3)16-11-6-4-5-7-12(11)20(18,19)13(14)15/h4-7,10,13,16H,8-9H2,1-3H3. The Balaban J connectivity index is 2.92. The van der Waals surface area contributed by atoms with Crippen molar-refractivity contribution in [2.45, 2.75) is 30.0 Å². The summed E-state index contributed by atoms with van der Waals surface area (Å²) >= 11 is 0. The summed E-state index contributed by atoms with van der Waals surface area (Å²) in [4.78, 5) is 1.65. The Morgan fingerprint density at radius 1 is 1.25 bits per heavy atom. The number of anilines is 1. The van der Waals surface area contributed by atoms with Crippen LogP contribution in [0, 0.1) is 0 Å². The van der Waals surface area contributed by atoms with E-state index in [0.717, 1.165) is 13.0 Å². The second-order valence-electron chi connectivity index (χ2n) is 4.94. The normalized spacial score (nSPS) is 13.8. The van der Waals surface area contributed by atoms with Crippen LogP contribution in [0.25, 0.3) is 0 Å². The van der Waals surface area contributed by atoms with Crippen LogP contribution < -0.4 is 5.32 Å². The fourth-order valence-electron chi connectivity index (χ4n) is 1.72. The molecule has 1 atom stereocenters. The van der Waals surface area contributed by atoms with E-state index in [1.54, 1.807) is 6.07 Å². The molecule has 0 heterocycles. The molecule has 0 radical (unpaired) electrons. The Bertz CT molecular complexity index is 533. The molecule has 7 heteroatoms. The maximum absolute atomic E-state index is 12.6. The van der Waals surface area contributed by atoms with E-state index in [1.807, 2.05) is 25.9 Å². The van der Waals surface area contributed by atoms with Crippen molar-refractivity contribution in [2.75, 3.05) is 26.0 Å². The molecule has 1 unspecified atom stereocenters. The second kappa shape index (κ2) is 6.99. The van der Waals surface area contributed by atoms with E-state index in [0.29, 0.717) is 0 Å². The highest BCUT2D eigenvalue weighted by molar-refractivity contribution is 7.91. The summed E-state index contributed by atoms with van der Waals surface area (Å²) < 4.78 is 48.5. The molecule has 0 fully saturated rings. The lowest BCUT2D eigenvalue weighted by atomic mass is 10.2. The summed E-state index contributed by atoms with van der Waals surface area (Å²) in [5, 5.41) is 2.99. The lowest BCUT2D eigenvalue weighted by Gasteiger charge is -2.19. The number of benzene rings is 1. The van der Waals surface area contributed by atoms with Gasteiger partial charge in [-0.25, -0.2) is 8.42 Å². The van der Waals surface area contributed by atoms with Crippen LogP contribution in [-0.4, -0.2) is 45.8 Å². The summed E-state index contributed by atoms with van der Waals surface area (Å²) in [6.07, 6.45) is 0.774. The Morgan fingerprint density at radius 3 is 2.40 bits per heavy atom. The minimum atomic E-state index is -4.59. The molecule has 0 aromatic heterocycles. The molecule has 1 aromatic carbocycles. The minimum absolute atomic E-state index is 0.0218. The first kappa shape index (κ1) is 16.8. The van der Waals surface area contributed by atoms with Crippen LogP contribution in [0.4, 0.5) is 14.5 Å². The molecular weight excluding hydrogens is 286 g/mol. The zero-order valence-electron chi connectivity index (χ0n) is 11.8. The summed E-state index contributed by atoms with van der Waals surface area (Å²) in [6.45, 7) is 2.70. The Hall–Kier alpha value is -1.21. The molecule has 4 nitrogen and oxygen atoms in total. The topological polar surface area (TPSA) is 49.4 Å². The zero-order chi connectivity index (χ0) is 15.3. The van der Waals surface area contributed by atoms with Crippen LogP contribution in [0.3, 0.4) is 0 Å². The van der Waals surface area contributed by atoms with Gasteiger partial charge in [-0.05, 0) is 46.1 Å². The third kappa shape index (κ3) is 4.42. The first-order chi connectivity index (χ1) is 9.25. The molecule has 1 aromatic rings. The monoisotopic (exact) mass is 306 g/mol. The van der Waals surface area contributed by atoms with Gasteiger partial charge in [0.25, 0.3) is 0 Å².